The summed E-state index contributed by atoms with van der Waals surface area (Å²) in [5.41, 5.74) is 5.64. The first-order valence-electron chi connectivity index (χ1n) is 6.48. The first-order chi connectivity index (χ1) is 9.05. The fourth-order valence-electron chi connectivity index (χ4n) is 2.96. The lowest BCUT2D eigenvalue weighted by molar-refractivity contribution is 0.285. The molecule has 0 spiro atoms. The van der Waals surface area contributed by atoms with Crippen molar-refractivity contribution in [2.45, 2.75) is 37.5 Å². The van der Waals surface area contributed by atoms with Crippen LogP contribution in [0, 0.1) is 11.6 Å². The zero-order valence-corrected chi connectivity index (χ0v) is 11.7. The molecule has 1 aromatic carbocycles. The minimum absolute atomic E-state index is 0.0924. The summed E-state index contributed by atoms with van der Waals surface area (Å²) in [6.45, 7) is 0.298. The van der Waals surface area contributed by atoms with Gasteiger partial charge >= 0.3 is 0 Å². The predicted molar refractivity (Wildman–Crippen MR) is 71.7 cm³/mol. The number of ether oxygens (including phenoxy) is 1. The second-order valence-corrected chi connectivity index (χ2v) is 5.52. The molecule has 0 aliphatic heterocycles. The number of hydrogen-bond acceptors (Lipinski definition) is 2. The van der Waals surface area contributed by atoms with E-state index in [1.807, 2.05) is 0 Å². The molecule has 0 unspecified atom stereocenters. The van der Waals surface area contributed by atoms with Gasteiger partial charge in [0.2, 0.25) is 5.82 Å². The van der Waals surface area contributed by atoms with Gasteiger partial charge in [-0.2, -0.15) is 4.39 Å². The first-order valence-corrected chi connectivity index (χ1v) is 6.85. The highest BCUT2D eigenvalue weighted by Crippen LogP contribution is 2.43. The molecule has 0 atom stereocenters. The average Bonchev–Trinajstić information content (AvgIpc) is 2.44. The van der Waals surface area contributed by atoms with Crippen LogP contribution in [0.1, 0.15) is 37.7 Å². The van der Waals surface area contributed by atoms with Crippen molar-refractivity contribution in [3.63, 3.8) is 0 Å². The molecule has 1 aliphatic carbocycles. The van der Waals surface area contributed by atoms with Gasteiger partial charge in [0.15, 0.2) is 11.6 Å². The molecular weight excluding hydrogens is 272 g/mol. The lowest BCUT2D eigenvalue weighted by Crippen LogP contribution is -2.38. The highest BCUT2D eigenvalue weighted by molar-refractivity contribution is 6.32. The molecule has 1 fully saturated rings. The van der Waals surface area contributed by atoms with E-state index in [1.165, 1.54) is 13.2 Å². The maximum absolute atomic E-state index is 14.3. The maximum Gasteiger partial charge on any atom is 0.202 e. The fourth-order valence-corrected chi connectivity index (χ4v) is 3.23. The number of hydrogen-bond donors (Lipinski definition) is 1. The van der Waals surface area contributed by atoms with Crippen LogP contribution in [0.25, 0.3) is 0 Å². The van der Waals surface area contributed by atoms with Gasteiger partial charge in [-0.15, -0.1) is 0 Å². The van der Waals surface area contributed by atoms with Gasteiger partial charge in [0.1, 0.15) is 0 Å². The predicted octanol–water partition coefficient (Wildman–Crippen LogP) is 3.79. The zero-order chi connectivity index (χ0) is 14.0. The Kier molecular flexibility index (Phi) is 4.31. The molecule has 0 bridgehead atoms. The Morgan fingerprint density at radius 2 is 1.89 bits per heavy atom. The van der Waals surface area contributed by atoms with Crippen LogP contribution in [-0.2, 0) is 5.41 Å². The highest BCUT2D eigenvalue weighted by atomic mass is 35.5. The summed E-state index contributed by atoms with van der Waals surface area (Å²) in [5.74, 6) is -2.15. The van der Waals surface area contributed by atoms with E-state index in [0.717, 1.165) is 32.1 Å². The molecule has 1 aliphatic rings. The van der Waals surface area contributed by atoms with Gasteiger partial charge in [0, 0.05) is 17.5 Å². The van der Waals surface area contributed by atoms with Crippen LogP contribution < -0.4 is 10.5 Å². The molecule has 1 saturated carbocycles. The Bertz CT molecular complexity index is 473. The van der Waals surface area contributed by atoms with Gasteiger partial charge < -0.3 is 10.5 Å². The molecule has 19 heavy (non-hydrogen) atoms. The number of halogens is 3. The van der Waals surface area contributed by atoms with Crippen molar-refractivity contribution < 1.29 is 13.5 Å². The fraction of sp³-hybridized carbons (Fsp3) is 0.571. The second-order valence-electron chi connectivity index (χ2n) is 5.11. The van der Waals surface area contributed by atoms with E-state index in [0.29, 0.717) is 6.54 Å². The summed E-state index contributed by atoms with van der Waals surface area (Å²) < 4.78 is 33.0. The third-order valence-corrected chi connectivity index (χ3v) is 4.37. The standard InChI is InChI=1S/C14H18ClF2NO/c1-19-13-10(15)7-9(11(16)12(13)17)14(8-18)5-3-2-4-6-14/h7H,2-6,8,18H2,1H3. The normalized spacial score (nSPS) is 18.4. The topological polar surface area (TPSA) is 35.2 Å². The summed E-state index contributed by atoms with van der Waals surface area (Å²) >= 11 is 5.97. The molecule has 0 amide bonds. The Labute approximate surface area is 116 Å². The van der Waals surface area contributed by atoms with Crippen LogP contribution in [0.2, 0.25) is 5.02 Å². The summed E-state index contributed by atoms with van der Waals surface area (Å²) in [5, 5.41) is 0.0924. The number of benzene rings is 1. The lowest BCUT2D eigenvalue weighted by Gasteiger charge is -2.37. The molecule has 0 heterocycles. The number of methoxy groups -OCH3 is 1. The van der Waals surface area contributed by atoms with Gasteiger partial charge in [-0.1, -0.05) is 30.9 Å². The van der Waals surface area contributed by atoms with E-state index in [1.54, 1.807) is 0 Å². The number of nitrogens with two attached hydrogens (primary N) is 1. The Morgan fingerprint density at radius 1 is 1.26 bits per heavy atom. The Hall–Kier alpha value is -0.870. The van der Waals surface area contributed by atoms with Crippen molar-refractivity contribution in [2.75, 3.05) is 13.7 Å². The molecular formula is C14H18ClF2NO. The van der Waals surface area contributed by atoms with Gasteiger partial charge in [-0.3, -0.25) is 0 Å². The van der Waals surface area contributed by atoms with Gasteiger partial charge in [-0.25, -0.2) is 4.39 Å². The van der Waals surface area contributed by atoms with Crippen molar-refractivity contribution in [3.05, 3.63) is 28.3 Å². The summed E-state index contributed by atoms with van der Waals surface area (Å²) in [6, 6.07) is 1.47. The van der Waals surface area contributed by atoms with E-state index in [4.69, 9.17) is 22.1 Å². The van der Waals surface area contributed by atoms with Crippen LogP contribution in [0.4, 0.5) is 8.78 Å². The lowest BCUT2D eigenvalue weighted by atomic mass is 9.69. The van der Waals surface area contributed by atoms with Crippen molar-refractivity contribution >= 4 is 11.6 Å². The highest BCUT2D eigenvalue weighted by Gasteiger charge is 2.37. The van der Waals surface area contributed by atoms with E-state index < -0.39 is 17.0 Å². The van der Waals surface area contributed by atoms with E-state index in [9.17, 15) is 8.78 Å². The monoisotopic (exact) mass is 289 g/mol. The van der Waals surface area contributed by atoms with E-state index >= 15 is 0 Å². The molecule has 5 heteroatoms. The SMILES string of the molecule is COc1c(Cl)cc(C2(CN)CCCCC2)c(F)c1F. The third kappa shape index (κ3) is 2.43. The smallest absolute Gasteiger partial charge is 0.202 e. The number of rotatable bonds is 3. The van der Waals surface area contributed by atoms with Crippen LogP contribution in [0.15, 0.2) is 6.07 Å². The van der Waals surface area contributed by atoms with Crippen molar-refractivity contribution in [1.82, 2.24) is 0 Å². The van der Waals surface area contributed by atoms with Gasteiger partial charge in [-0.05, 0) is 18.9 Å². The van der Waals surface area contributed by atoms with Crippen molar-refractivity contribution in [2.24, 2.45) is 5.73 Å². The average molecular weight is 290 g/mol. The molecule has 0 aromatic heterocycles. The zero-order valence-electron chi connectivity index (χ0n) is 10.9. The third-order valence-electron chi connectivity index (χ3n) is 4.09. The molecule has 2 nitrogen and oxygen atoms in total. The van der Waals surface area contributed by atoms with Crippen LogP contribution in [0.3, 0.4) is 0 Å². The summed E-state index contributed by atoms with van der Waals surface area (Å²) in [6.07, 6.45) is 4.59. The van der Waals surface area contributed by atoms with Crippen LogP contribution in [0.5, 0.6) is 5.75 Å². The maximum atomic E-state index is 14.3. The summed E-state index contributed by atoms with van der Waals surface area (Å²) in [7, 11) is 1.27. The first kappa shape index (κ1) is 14.5. The molecule has 106 valence electrons. The van der Waals surface area contributed by atoms with Crippen molar-refractivity contribution in [3.8, 4) is 5.75 Å². The van der Waals surface area contributed by atoms with Gasteiger partial charge in [0.05, 0.1) is 12.1 Å². The van der Waals surface area contributed by atoms with Crippen LogP contribution >= 0.6 is 11.6 Å². The largest absolute Gasteiger partial charge is 0.492 e. The Morgan fingerprint density at radius 3 is 2.42 bits per heavy atom. The quantitative estimate of drug-likeness (QED) is 0.859. The Balaban J connectivity index is 2.55. The van der Waals surface area contributed by atoms with Crippen LogP contribution in [-0.4, -0.2) is 13.7 Å². The van der Waals surface area contributed by atoms with Crippen molar-refractivity contribution in [1.29, 1.82) is 0 Å². The van der Waals surface area contributed by atoms with Gasteiger partial charge in [0.25, 0.3) is 0 Å². The minimum atomic E-state index is -1.02. The molecule has 2 N–H and O–H groups in total. The van der Waals surface area contributed by atoms with E-state index in [-0.39, 0.29) is 16.3 Å². The second kappa shape index (κ2) is 5.63. The van der Waals surface area contributed by atoms with E-state index in [2.05, 4.69) is 0 Å². The molecule has 2 rings (SSSR count). The molecule has 0 radical (unpaired) electrons. The molecule has 0 saturated heterocycles. The summed E-state index contributed by atoms with van der Waals surface area (Å²) in [4.78, 5) is 0. The minimum Gasteiger partial charge on any atom is -0.492 e. The molecule has 1 aromatic rings.